The van der Waals surface area contributed by atoms with E-state index >= 15 is 0 Å². The van der Waals surface area contributed by atoms with Crippen molar-refractivity contribution in [1.82, 2.24) is 53.7 Å². The van der Waals surface area contributed by atoms with Crippen LogP contribution >= 0.6 is 0 Å². The first-order valence-corrected chi connectivity index (χ1v) is 26.2. The van der Waals surface area contributed by atoms with Gasteiger partial charge in [0.05, 0.1) is 34.2 Å². The number of ether oxygens (including phenoxy) is 2. The van der Waals surface area contributed by atoms with Gasteiger partial charge >= 0.3 is 0 Å². The van der Waals surface area contributed by atoms with Crippen LogP contribution in [0.15, 0.2) is 116 Å². The van der Waals surface area contributed by atoms with Gasteiger partial charge in [-0.1, -0.05) is 59.6 Å². The van der Waals surface area contributed by atoms with Crippen LogP contribution in [0.3, 0.4) is 0 Å². The van der Waals surface area contributed by atoms with Crippen LogP contribution in [0, 0.1) is 0 Å². The number of piperidine rings is 2. The Morgan fingerprint density at radius 2 is 1.03 bits per heavy atom. The van der Waals surface area contributed by atoms with Crippen molar-refractivity contribution in [3.05, 3.63) is 132 Å². The Morgan fingerprint density at radius 3 is 1.50 bits per heavy atom. The summed E-state index contributed by atoms with van der Waals surface area (Å²) in [5.74, 6) is 2.45. The summed E-state index contributed by atoms with van der Waals surface area (Å²) in [5.41, 5.74) is 4.34. The third-order valence-corrected chi connectivity index (χ3v) is 16.1. The lowest BCUT2D eigenvalue weighted by molar-refractivity contribution is 0.112. The number of para-hydroxylation sites is 4. The Bertz CT molecular complexity index is 3210. The fourth-order valence-corrected chi connectivity index (χ4v) is 12.1. The number of carbonyl (C=O) groups is 1. The standard InChI is InChI=1S/C26H30N6O4S.C22H21N5O5S/c33-37(34,26-27-21-7-1-2-8-22(21)28-26)32-16-4-3-9-23(32)25-29-24(36-30-25)18-35-20-12-10-19(11-13-20)17-31-14-5-6-15-31;28-13-15-8-10-16(11-9-15)31-14-20-25-21(26-32-20)19-7-3-4-12-27(19)33(29,30)22-23-17-5-1-2-6-18(17)24-22/h1-2,7-8,10-13,23H,3-6,9,14-18H2,(H,27,28);1-2,5-6,8-11,13,19H,3-4,7,12,14H2,(H,23,24). The molecule has 8 aromatic rings. The van der Waals surface area contributed by atoms with E-state index in [0.717, 1.165) is 57.4 Å². The molecule has 0 aliphatic carbocycles. The minimum Gasteiger partial charge on any atom is -0.484 e. The number of aldehydes is 1. The topological polar surface area (TPSA) is 249 Å². The number of nitrogens with one attached hydrogen (secondary N) is 2. The highest BCUT2D eigenvalue weighted by atomic mass is 32.2. The molecule has 3 fully saturated rings. The van der Waals surface area contributed by atoms with E-state index in [2.05, 4.69) is 57.2 Å². The first-order valence-electron chi connectivity index (χ1n) is 23.3. The molecule has 2 unspecified atom stereocenters. The smallest absolute Gasteiger partial charge is 0.277 e. The lowest BCUT2D eigenvalue weighted by Crippen LogP contribution is -2.39. The average Bonchev–Trinajstić information content (AvgIpc) is 4.27. The number of imidazole rings is 2. The number of H-pyrrole nitrogens is 2. The molecule has 3 aliphatic rings. The van der Waals surface area contributed by atoms with Gasteiger partial charge in [-0.15, -0.1) is 0 Å². The molecule has 3 aliphatic heterocycles. The van der Waals surface area contributed by atoms with Gasteiger partial charge in [0.1, 0.15) is 17.8 Å². The van der Waals surface area contributed by atoms with Crippen molar-refractivity contribution in [3.63, 3.8) is 0 Å². The van der Waals surface area contributed by atoms with Crippen molar-refractivity contribution in [2.75, 3.05) is 26.2 Å². The van der Waals surface area contributed by atoms with E-state index in [1.165, 1.54) is 27.0 Å². The molecule has 364 valence electrons. The zero-order valence-electron chi connectivity index (χ0n) is 38.1. The number of likely N-dealkylation sites (tertiary alicyclic amines) is 1. The van der Waals surface area contributed by atoms with Gasteiger partial charge in [-0.3, -0.25) is 9.69 Å². The highest BCUT2D eigenvalue weighted by molar-refractivity contribution is 7.89. The lowest BCUT2D eigenvalue weighted by atomic mass is 10.0. The van der Waals surface area contributed by atoms with Crippen molar-refractivity contribution >= 4 is 48.4 Å². The summed E-state index contributed by atoms with van der Waals surface area (Å²) in [6, 6.07) is 28.0. The Kier molecular flexibility index (Phi) is 13.8. The normalized spacial score (nSPS) is 18.5. The summed E-state index contributed by atoms with van der Waals surface area (Å²) in [5, 5.41) is 7.98. The number of carbonyl (C=O) groups excluding carboxylic acids is 1. The molecule has 4 aromatic heterocycles. The number of fused-ring (bicyclic) bond motifs is 2. The van der Waals surface area contributed by atoms with Gasteiger partial charge < -0.3 is 28.5 Å². The molecular formula is C48H51N11O9S2. The van der Waals surface area contributed by atoms with E-state index in [-0.39, 0.29) is 29.4 Å². The molecule has 3 saturated heterocycles. The van der Waals surface area contributed by atoms with Crippen LogP contribution in [0.1, 0.15) is 103 Å². The van der Waals surface area contributed by atoms with Gasteiger partial charge in [0.15, 0.2) is 24.9 Å². The quantitative estimate of drug-likeness (QED) is 0.0957. The number of hydrogen-bond acceptors (Lipinski definition) is 16. The summed E-state index contributed by atoms with van der Waals surface area (Å²) in [4.78, 5) is 36.5. The molecule has 11 rings (SSSR count). The molecule has 70 heavy (non-hydrogen) atoms. The Labute approximate surface area is 403 Å². The Morgan fingerprint density at radius 1 is 0.571 bits per heavy atom. The van der Waals surface area contributed by atoms with E-state index in [1.807, 2.05) is 42.5 Å². The van der Waals surface area contributed by atoms with E-state index in [9.17, 15) is 21.6 Å². The van der Waals surface area contributed by atoms with E-state index in [4.69, 9.17) is 18.5 Å². The van der Waals surface area contributed by atoms with Crippen molar-refractivity contribution in [3.8, 4) is 11.5 Å². The third-order valence-electron chi connectivity index (χ3n) is 12.6. The maximum atomic E-state index is 13.5. The molecule has 4 aromatic carbocycles. The van der Waals surface area contributed by atoms with Crippen LogP contribution in [0.2, 0.25) is 0 Å². The van der Waals surface area contributed by atoms with Crippen LogP contribution in [0.5, 0.6) is 11.5 Å². The number of nitrogens with zero attached hydrogens (tertiary/aromatic N) is 9. The van der Waals surface area contributed by atoms with E-state index in [1.54, 1.807) is 42.5 Å². The SMILES string of the molecule is O=Cc1ccc(OCc2nc(C3CCCCN3S(=O)(=O)c3nc4ccccc4[nH]3)no2)cc1.O=S(=O)(c1nc2ccccc2[nH]1)N1CCCCC1c1noc(COc2ccc(CN3CCCC3)cc2)n1. The number of rotatable bonds is 15. The van der Waals surface area contributed by atoms with Crippen LogP contribution in [0.4, 0.5) is 0 Å². The summed E-state index contributed by atoms with van der Waals surface area (Å²) in [7, 11) is -7.76. The molecule has 0 bridgehead atoms. The molecule has 0 spiro atoms. The monoisotopic (exact) mass is 989 g/mol. The summed E-state index contributed by atoms with van der Waals surface area (Å²) >= 11 is 0. The predicted octanol–water partition coefficient (Wildman–Crippen LogP) is 7.29. The zero-order chi connectivity index (χ0) is 48.1. The van der Waals surface area contributed by atoms with Gasteiger partial charge in [-0.05, 0) is 118 Å². The minimum atomic E-state index is -3.89. The molecule has 0 saturated carbocycles. The second kappa shape index (κ2) is 20.6. The number of aromatic nitrogens is 8. The number of hydrogen-bond donors (Lipinski definition) is 2. The maximum Gasteiger partial charge on any atom is 0.277 e. The first kappa shape index (κ1) is 46.9. The molecule has 20 nitrogen and oxygen atoms in total. The highest BCUT2D eigenvalue weighted by Crippen LogP contribution is 2.36. The number of aromatic amines is 2. The summed E-state index contributed by atoms with van der Waals surface area (Å²) in [6.07, 6.45) is 7.71. The first-order chi connectivity index (χ1) is 34.1. The maximum absolute atomic E-state index is 13.5. The Hall–Kier alpha value is -6.85. The lowest BCUT2D eigenvalue weighted by Gasteiger charge is -2.31. The highest BCUT2D eigenvalue weighted by Gasteiger charge is 2.40. The van der Waals surface area contributed by atoms with Crippen LogP contribution in [-0.2, 0) is 39.8 Å². The van der Waals surface area contributed by atoms with Crippen molar-refractivity contribution in [2.24, 2.45) is 0 Å². The number of sulfonamides is 2. The molecule has 2 N–H and O–H groups in total. The summed E-state index contributed by atoms with van der Waals surface area (Å²) in [6.45, 7) is 4.13. The summed E-state index contributed by atoms with van der Waals surface area (Å²) < 4.78 is 78.9. The van der Waals surface area contributed by atoms with E-state index in [0.29, 0.717) is 76.9 Å². The zero-order valence-corrected chi connectivity index (χ0v) is 39.7. The Balaban J connectivity index is 0.000000163. The molecule has 7 heterocycles. The third kappa shape index (κ3) is 10.4. The second-order valence-electron chi connectivity index (χ2n) is 17.4. The predicted molar refractivity (Wildman–Crippen MR) is 253 cm³/mol. The van der Waals surface area contributed by atoms with Gasteiger partial charge in [-0.2, -0.15) is 18.6 Å². The van der Waals surface area contributed by atoms with Crippen molar-refractivity contribution in [2.45, 2.75) is 93.5 Å². The van der Waals surface area contributed by atoms with Gasteiger partial charge in [0.25, 0.3) is 31.8 Å². The largest absolute Gasteiger partial charge is 0.484 e. The van der Waals surface area contributed by atoms with Crippen LogP contribution in [-0.4, -0.2) is 103 Å². The van der Waals surface area contributed by atoms with Gasteiger partial charge in [0.2, 0.25) is 10.3 Å². The fourth-order valence-electron chi connectivity index (χ4n) is 8.97. The second-order valence-corrected chi connectivity index (χ2v) is 21.0. The number of benzene rings is 4. The molecule has 22 heteroatoms. The van der Waals surface area contributed by atoms with Gasteiger partial charge in [0, 0.05) is 25.2 Å². The van der Waals surface area contributed by atoms with Crippen LogP contribution < -0.4 is 9.47 Å². The van der Waals surface area contributed by atoms with Crippen LogP contribution in [0.25, 0.3) is 22.1 Å². The van der Waals surface area contributed by atoms with Crippen molar-refractivity contribution in [1.29, 1.82) is 0 Å². The van der Waals surface area contributed by atoms with Crippen molar-refractivity contribution < 1.29 is 40.2 Å². The minimum absolute atomic E-state index is 0.0243. The fraction of sp³-hybridized carbons (Fsp3) is 0.354. The molecule has 0 amide bonds. The van der Waals surface area contributed by atoms with Gasteiger partial charge in [-0.25, -0.2) is 26.8 Å². The molecule has 2 atom stereocenters. The molecule has 0 radical (unpaired) electrons. The van der Waals surface area contributed by atoms with E-state index < -0.39 is 32.1 Å². The average molecular weight is 990 g/mol. The molecular weight excluding hydrogens is 939 g/mol.